The van der Waals surface area contributed by atoms with Crippen LogP contribution in [0, 0.1) is 12.3 Å². The first-order valence-electron chi connectivity index (χ1n) is 8.05. The Hall–Kier alpha value is -0.820. The van der Waals surface area contributed by atoms with Crippen LogP contribution in [-0.4, -0.2) is 12.6 Å². The second kappa shape index (κ2) is 5.66. The minimum Gasteiger partial charge on any atom is -0.313 e. The van der Waals surface area contributed by atoms with Crippen molar-refractivity contribution in [3.05, 3.63) is 35.4 Å². The number of rotatable bonds is 5. The monoisotopic (exact) mass is 257 g/mol. The molecule has 1 heteroatoms. The van der Waals surface area contributed by atoms with Gasteiger partial charge < -0.3 is 5.32 Å². The zero-order chi connectivity index (χ0) is 13.1. The van der Waals surface area contributed by atoms with E-state index in [4.69, 9.17) is 0 Å². The molecule has 0 radical (unpaired) electrons. The smallest absolute Gasteiger partial charge is 0.00684 e. The first-order valence-corrected chi connectivity index (χ1v) is 8.05. The van der Waals surface area contributed by atoms with E-state index in [1.165, 1.54) is 63.5 Å². The van der Waals surface area contributed by atoms with Gasteiger partial charge in [0, 0.05) is 12.6 Å². The van der Waals surface area contributed by atoms with Gasteiger partial charge in [-0.05, 0) is 55.6 Å². The second-order valence-electron chi connectivity index (χ2n) is 6.82. The van der Waals surface area contributed by atoms with Gasteiger partial charge in [0.15, 0.2) is 0 Å². The molecule has 2 aliphatic carbocycles. The van der Waals surface area contributed by atoms with Gasteiger partial charge in [0.25, 0.3) is 0 Å². The standard InChI is InChI=1S/C18H27N/c1-15-7-3-4-8-16(15)13-18(11-5-2-6-12-18)14-19-17-9-10-17/h3-4,7-8,17,19H,2,5-6,9-14H2,1H3. The van der Waals surface area contributed by atoms with E-state index >= 15 is 0 Å². The summed E-state index contributed by atoms with van der Waals surface area (Å²) in [7, 11) is 0. The molecule has 0 saturated heterocycles. The van der Waals surface area contributed by atoms with Crippen LogP contribution >= 0.6 is 0 Å². The number of nitrogens with one attached hydrogen (secondary N) is 1. The first-order chi connectivity index (χ1) is 9.27. The molecule has 1 aromatic rings. The lowest BCUT2D eigenvalue weighted by atomic mass is 9.70. The Bertz CT molecular complexity index is 413. The van der Waals surface area contributed by atoms with Gasteiger partial charge in [0.2, 0.25) is 0 Å². The Kier molecular flexibility index (Phi) is 3.93. The fraction of sp³-hybridized carbons (Fsp3) is 0.667. The van der Waals surface area contributed by atoms with Crippen LogP contribution in [0.25, 0.3) is 0 Å². The van der Waals surface area contributed by atoms with Gasteiger partial charge in [-0.2, -0.15) is 0 Å². The molecule has 1 aromatic carbocycles. The Labute approximate surface area is 117 Å². The third kappa shape index (κ3) is 3.39. The molecule has 2 fully saturated rings. The van der Waals surface area contributed by atoms with Crippen LogP contribution in [0.15, 0.2) is 24.3 Å². The van der Waals surface area contributed by atoms with Crippen molar-refractivity contribution in [1.82, 2.24) is 5.32 Å². The largest absolute Gasteiger partial charge is 0.313 e. The lowest BCUT2D eigenvalue weighted by molar-refractivity contribution is 0.180. The minimum absolute atomic E-state index is 0.535. The van der Waals surface area contributed by atoms with E-state index in [1.54, 1.807) is 5.56 Å². The second-order valence-corrected chi connectivity index (χ2v) is 6.82. The van der Waals surface area contributed by atoms with Crippen LogP contribution in [0.1, 0.15) is 56.1 Å². The van der Waals surface area contributed by atoms with Gasteiger partial charge in [0.1, 0.15) is 0 Å². The van der Waals surface area contributed by atoms with Crippen molar-refractivity contribution < 1.29 is 0 Å². The van der Waals surface area contributed by atoms with E-state index in [1.807, 2.05) is 0 Å². The van der Waals surface area contributed by atoms with Gasteiger partial charge in [-0.1, -0.05) is 43.5 Å². The zero-order valence-electron chi connectivity index (χ0n) is 12.3. The Morgan fingerprint density at radius 2 is 1.84 bits per heavy atom. The lowest BCUT2D eigenvalue weighted by Crippen LogP contribution is -2.39. The van der Waals surface area contributed by atoms with E-state index in [2.05, 4.69) is 36.5 Å². The summed E-state index contributed by atoms with van der Waals surface area (Å²) in [5, 5.41) is 3.81. The topological polar surface area (TPSA) is 12.0 Å². The highest BCUT2D eigenvalue weighted by atomic mass is 15.0. The fourth-order valence-corrected chi connectivity index (χ4v) is 3.58. The quantitative estimate of drug-likeness (QED) is 0.832. The molecule has 19 heavy (non-hydrogen) atoms. The predicted octanol–water partition coefficient (Wildman–Crippen LogP) is 4.24. The maximum absolute atomic E-state index is 3.81. The number of hydrogen-bond acceptors (Lipinski definition) is 1. The average Bonchev–Trinajstić information content (AvgIpc) is 3.25. The van der Waals surface area contributed by atoms with Crippen LogP contribution in [0.3, 0.4) is 0 Å². The van der Waals surface area contributed by atoms with Gasteiger partial charge in [-0.25, -0.2) is 0 Å². The summed E-state index contributed by atoms with van der Waals surface area (Å²) in [6.07, 6.45) is 11.2. The highest BCUT2D eigenvalue weighted by molar-refractivity contribution is 5.27. The van der Waals surface area contributed by atoms with E-state index in [0.29, 0.717) is 5.41 Å². The van der Waals surface area contributed by atoms with Crippen molar-refractivity contribution in [3.63, 3.8) is 0 Å². The maximum Gasteiger partial charge on any atom is 0.00684 e. The summed E-state index contributed by atoms with van der Waals surface area (Å²) in [5.41, 5.74) is 3.58. The van der Waals surface area contributed by atoms with Gasteiger partial charge in [0.05, 0.1) is 0 Å². The third-order valence-corrected chi connectivity index (χ3v) is 5.08. The highest BCUT2D eigenvalue weighted by Crippen LogP contribution is 2.40. The fourth-order valence-electron chi connectivity index (χ4n) is 3.58. The van der Waals surface area contributed by atoms with Crippen molar-refractivity contribution in [2.75, 3.05) is 6.54 Å². The summed E-state index contributed by atoms with van der Waals surface area (Å²) in [5.74, 6) is 0. The van der Waals surface area contributed by atoms with Crippen LogP contribution in [-0.2, 0) is 6.42 Å². The van der Waals surface area contributed by atoms with Crippen LogP contribution in [0.2, 0.25) is 0 Å². The molecule has 0 spiro atoms. The van der Waals surface area contributed by atoms with Crippen molar-refractivity contribution in [3.8, 4) is 0 Å². The summed E-state index contributed by atoms with van der Waals surface area (Å²) in [4.78, 5) is 0. The van der Waals surface area contributed by atoms with E-state index in [0.717, 1.165) is 6.04 Å². The van der Waals surface area contributed by atoms with Crippen LogP contribution < -0.4 is 5.32 Å². The van der Waals surface area contributed by atoms with Crippen LogP contribution in [0.4, 0.5) is 0 Å². The minimum atomic E-state index is 0.535. The van der Waals surface area contributed by atoms with Crippen molar-refractivity contribution in [1.29, 1.82) is 0 Å². The molecule has 0 unspecified atom stereocenters. The average molecular weight is 257 g/mol. The normalized spacial score (nSPS) is 22.4. The zero-order valence-corrected chi connectivity index (χ0v) is 12.3. The molecule has 3 rings (SSSR count). The lowest BCUT2D eigenvalue weighted by Gasteiger charge is -2.38. The van der Waals surface area contributed by atoms with E-state index in [-0.39, 0.29) is 0 Å². The summed E-state index contributed by atoms with van der Waals surface area (Å²) >= 11 is 0. The Balaban J connectivity index is 1.72. The van der Waals surface area contributed by atoms with Gasteiger partial charge in [-0.15, -0.1) is 0 Å². The Morgan fingerprint density at radius 1 is 1.11 bits per heavy atom. The van der Waals surface area contributed by atoms with E-state index < -0.39 is 0 Å². The maximum atomic E-state index is 3.81. The molecule has 0 bridgehead atoms. The van der Waals surface area contributed by atoms with Gasteiger partial charge in [-0.3, -0.25) is 0 Å². The number of benzene rings is 1. The molecule has 0 atom stereocenters. The van der Waals surface area contributed by atoms with Crippen molar-refractivity contribution in [2.24, 2.45) is 5.41 Å². The number of aryl methyl sites for hydroxylation is 1. The van der Waals surface area contributed by atoms with E-state index in [9.17, 15) is 0 Å². The third-order valence-electron chi connectivity index (χ3n) is 5.08. The summed E-state index contributed by atoms with van der Waals surface area (Å²) < 4.78 is 0. The molecule has 1 N–H and O–H groups in total. The summed E-state index contributed by atoms with van der Waals surface area (Å²) in [6, 6.07) is 9.81. The molecule has 0 aromatic heterocycles. The molecule has 0 heterocycles. The predicted molar refractivity (Wildman–Crippen MR) is 81.4 cm³/mol. The molecule has 0 amide bonds. The van der Waals surface area contributed by atoms with Gasteiger partial charge >= 0.3 is 0 Å². The molecular formula is C18H27N. The Morgan fingerprint density at radius 3 is 2.53 bits per heavy atom. The molecule has 2 saturated carbocycles. The molecule has 0 aliphatic heterocycles. The first kappa shape index (κ1) is 13.2. The molecule has 104 valence electrons. The molecule has 2 aliphatic rings. The van der Waals surface area contributed by atoms with Crippen molar-refractivity contribution in [2.45, 2.75) is 64.3 Å². The van der Waals surface area contributed by atoms with Crippen molar-refractivity contribution >= 4 is 0 Å². The van der Waals surface area contributed by atoms with Crippen LogP contribution in [0.5, 0.6) is 0 Å². The SMILES string of the molecule is Cc1ccccc1CC1(CNC2CC2)CCCCC1. The highest BCUT2D eigenvalue weighted by Gasteiger charge is 2.34. The molecule has 1 nitrogen and oxygen atoms in total. The molecular weight excluding hydrogens is 230 g/mol. The number of hydrogen-bond donors (Lipinski definition) is 1. The summed E-state index contributed by atoms with van der Waals surface area (Å²) in [6.45, 7) is 3.51.